The van der Waals surface area contributed by atoms with E-state index in [0.717, 1.165) is 55.0 Å². The number of aryl methyl sites for hydroxylation is 2. The highest BCUT2D eigenvalue weighted by Crippen LogP contribution is 2.38. The van der Waals surface area contributed by atoms with Crippen LogP contribution in [0.3, 0.4) is 0 Å². The average Bonchev–Trinajstić information content (AvgIpc) is 2.82. The molecule has 2 heterocycles. The van der Waals surface area contributed by atoms with Gasteiger partial charge >= 0.3 is 0 Å². The number of hydrogen-bond donors (Lipinski definition) is 0. The first-order valence-corrected chi connectivity index (χ1v) is 9.32. The van der Waals surface area contributed by atoms with Crippen LogP contribution in [0.4, 0.5) is 5.82 Å². The lowest BCUT2D eigenvalue weighted by molar-refractivity contribution is 0.708. The van der Waals surface area contributed by atoms with E-state index in [2.05, 4.69) is 36.8 Å². The molecule has 0 N–H and O–H groups in total. The van der Waals surface area contributed by atoms with E-state index in [4.69, 9.17) is 4.98 Å². The second kappa shape index (κ2) is 7.26. The van der Waals surface area contributed by atoms with Crippen LogP contribution in [0.2, 0.25) is 0 Å². The van der Waals surface area contributed by atoms with E-state index in [1.165, 1.54) is 24.1 Å². The molecule has 0 unspecified atom stereocenters. The summed E-state index contributed by atoms with van der Waals surface area (Å²) in [7, 11) is 1.95. The molecule has 5 heteroatoms. The highest BCUT2D eigenvalue weighted by atomic mass is 15.3. The van der Waals surface area contributed by atoms with Crippen LogP contribution in [0.1, 0.15) is 55.6 Å². The first kappa shape index (κ1) is 17.5. The quantitative estimate of drug-likeness (QED) is 0.797. The Labute approximate surface area is 150 Å². The predicted molar refractivity (Wildman–Crippen MR) is 101 cm³/mol. The van der Waals surface area contributed by atoms with Gasteiger partial charge < -0.3 is 4.90 Å². The predicted octanol–water partition coefficient (Wildman–Crippen LogP) is 3.78. The van der Waals surface area contributed by atoms with Crippen molar-refractivity contribution in [2.24, 2.45) is 7.05 Å². The van der Waals surface area contributed by atoms with Gasteiger partial charge in [0.15, 0.2) is 0 Å². The van der Waals surface area contributed by atoms with Gasteiger partial charge in [-0.15, -0.1) is 0 Å². The topological polar surface area (TPSA) is 57.7 Å². The summed E-state index contributed by atoms with van der Waals surface area (Å²) in [6.07, 6.45) is 7.47. The molecule has 25 heavy (non-hydrogen) atoms. The van der Waals surface area contributed by atoms with Crippen LogP contribution < -0.4 is 4.90 Å². The van der Waals surface area contributed by atoms with Crippen molar-refractivity contribution >= 4 is 5.82 Å². The van der Waals surface area contributed by atoms with Gasteiger partial charge in [-0.2, -0.15) is 10.4 Å². The van der Waals surface area contributed by atoms with Crippen molar-refractivity contribution in [3.8, 4) is 17.2 Å². The van der Waals surface area contributed by atoms with Gasteiger partial charge in [-0.05, 0) is 52.0 Å². The largest absolute Gasteiger partial charge is 0.356 e. The minimum absolute atomic E-state index is 0.709. The molecule has 132 valence electrons. The summed E-state index contributed by atoms with van der Waals surface area (Å²) >= 11 is 0. The van der Waals surface area contributed by atoms with Crippen LogP contribution in [0, 0.1) is 18.3 Å². The van der Waals surface area contributed by atoms with E-state index in [9.17, 15) is 5.26 Å². The molecule has 0 spiro atoms. The Balaban J connectivity index is 2.35. The number of anilines is 1. The van der Waals surface area contributed by atoms with Crippen molar-refractivity contribution in [3.05, 3.63) is 28.7 Å². The Morgan fingerprint density at radius 2 is 1.92 bits per heavy atom. The molecule has 0 atom stereocenters. The van der Waals surface area contributed by atoms with E-state index in [1.54, 1.807) is 0 Å². The van der Waals surface area contributed by atoms with Gasteiger partial charge in [0.2, 0.25) is 0 Å². The molecular formula is C20H27N5. The number of aromatic nitrogens is 3. The highest BCUT2D eigenvalue weighted by molar-refractivity contribution is 5.81. The molecule has 0 amide bonds. The van der Waals surface area contributed by atoms with E-state index in [0.29, 0.717) is 5.56 Å². The molecule has 2 aromatic rings. The summed E-state index contributed by atoms with van der Waals surface area (Å²) in [5.74, 6) is 0.839. The fraction of sp³-hybridized carbons (Fsp3) is 0.550. The minimum Gasteiger partial charge on any atom is -0.356 e. The summed E-state index contributed by atoms with van der Waals surface area (Å²) in [6.45, 7) is 8.01. The molecule has 3 rings (SSSR count). The van der Waals surface area contributed by atoms with Crippen LogP contribution in [0.15, 0.2) is 6.20 Å². The average molecular weight is 337 g/mol. The molecule has 0 fully saturated rings. The molecule has 2 aromatic heterocycles. The SMILES string of the molecule is CCN(CC)c1nc2c(c(-c3cnn(C)c3C)c1C#N)CCCCC2. The fourth-order valence-electron chi connectivity index (χ4n) is 3.80. The lowest BCUT2D eigenvalue weighted by atomic mass is 9.92. The smallest absolute Gasteiger partial charge is 0.147 e. The summed E-state index contributed by atoms with van der Waals surface area (Å²) in [4.78, 5) is 7.18. The van der Waals surface area contributed by atoms with Crippen LogP contribution in [-0.4, -0.2) is 27.9 Å². The first-order chi connectivity index (χ1) is 12.1. The normalized spacial score (nSPS) is 13.9. The molecular weight excluding hydrogens is 310 g/mol. The first-order valence-electron chi connectivity index (χ1n) is 9.32. The van der Waals surface area contributed by atoms with Gasteiger partial charge in [-0.1, -0.05) is 6.42 Å². The van der Waals surface area contributed by atoms with Gasteiger partial charge in [0.25, 0.3) is 0 Å². The van der Waals surface area contributed by atoms with Crippen molar-refractivity contribution in [2.75, 3.05) is 18.0 Å². The highest BCUT2D eigenvalue weighted by Gasteiger charge is 2.25. The molecule has 0 saturated carbocycles. The third-order valence-electron chi connectivity index (χ3n) is 5.38. The monoisotopic (exact) mass is 337 g/mol. The van der Waals surface area contributed by atoms with Crippen molar-refractivity contribution in [2.45, 2.75) is 52.9 Å². The molecule has 0 aliphatic heterocycles. The van der Waals surface area contributed by atoms with Gasteiger partial charge in [0, 0.05) is 42.7 Å². The maximum atomic E-state index is 10.0. The second-order valence-corrected chi connectivity index (χ2v) is 6.72. The zero-order valence-corrected chi connectivity index (χ0v) is 15.8. The maximum Gasteiger partial charge on any atom is 0.147 e. The van der Waals surface area contributed by atoms with Gasteiger partial charge in [0.1, 0.15) is 17.5 Å². The summed E-state index contributed by atoms with van der Waals surface area (Å²) in [5, 5.41) is 14.5. The Morgan fingerprint density at radius 3 is 2.52 bits per heavy atom. The van der Waals surface area contributed by atoms with Crippen molar-refractivity contribution in [1.82, 2.24) is 14.8 Å². The Bertz CT molecular complexity index is 808. The third-order valence-corrected chi connectivity index (χ3v) is 5.38. The lowest BCUT2D eigenvalue weighted by Gasteiger charge is -2.25. The zero-order valence-electron chi connectivity index (χ0n) is 15.8. The second-order valence-electron chi connectivity index (χ2n) is 6.72. The fourth-order valence-corrected chi connectivity index (χ4v) is 3.80. The minimum atomic E-state index is 0.709. The van der Waals surface area contributed by atoms with Crippen LogP contribution >= 0.6 is 0 Å². The van der Waals surface area contributed by atoms with E-state index in [-0.39, 0.29) is 0 Å². The molecule has 0 radical (unpaired) electrons. The zero-order chi connectivity index (χ0) is 18.0. The third kappa shape index (κ3) is 3.02. The molecule has 0 saturated heterocycles. The Kier molecular flexibility index (Phi) is 5.08. The number of nitrogens with zero attached hydrogens (tertiary/aromatic N) is 5. The van der Waals surface area contributed by atoms with Gasteiger partial charge in [-0.25, -0.2) is 4.98 Å². The summed E-state index contributed by atoms with van der Waals surface area (Å²) in [5.41, 5.74) is 6.40. The summed E-state index contributed by atoms with van der Waals surface area (Å²) < 4.78 is 1.89. The summed E-state index contributed by atoms with van der Waals surface area (Å²) in [6, 6.07) is 2.48. The maximum absolute atomic E-state index is 10.0. The van der Waals surface area contributed by atoms with Gasteiger partial charge in [-0.3, -0.25) is 4.68 Å². The Morgan fingerprint density at radius 1 is 1.20 bits per heavy atom. The number of rotatable bonds is 4. The molecule has 1 aliphatic carbocycles. The van der Waals surface area contributed by atoms with Gasteiger partial charge in [0.05, 0.1) is 6.20 Å². The molecule has 5 nitrogen and oxygen atoms in total. The number of nitriles is 1. The standard InChI is InChI=1S/C20H27N5/c1-5-25(6-2)20-16(12-21)19(17-13-22-24(4)14(17)3)15-10-8-7-9-11-18(15)23-20/h13H,5-11H2,1-4H3. The van der Waals surface area contributed by atoms with Crippen LogP contribution in [0.25, 0.3) is 11.1 Å². The number of hydrogen-bond acceptors (Lipinski definition) is 4. The Hall–Kier alpha value is -2.35. The van der Waals surface area contributed by atoms with E-state index >= 15 is 0 Å². The van der Waals surface area contributed by atoms with E-state index in [1.807, 2.05) is 17.9 Å². The van der Waals surface area contributed by atoms with Crippen molar-refractivity contribution < 1.29 is 0 Å². The van der Waals surface area contributed by atoms with Crippen molar-refractivity contribution in [1.29, 1.82) is 5.26 Å². The van der Waals surface area contributed by atoms with Crippen molar-refractivity contribution in [3.63, 3.8) is 0 Å². The molecule has 0 bridgehead atoms. The van der Waals surface area contributed by atoms with Crippen LogP contribution in [-0.2, 0) is 19.9 Å². The van der Waals surface area contributed by atoms with E-state index < -0.39 is 0 Å². The molecule has 0 aromatic carbocycles. The number of pyridine rings is 1. The number of fused-ring (bicyclic) bond motifs is 1. The molecule has 1 aliphatic rings. The lowest BCUT2D eigenvalue weighted by Crippen LogP contribution is -2.25. The van der Waals surface area contributed by atoms with Crippen LogP contribution in [0.5, 0.6) is 0 Å².